The van der Waals surface area contributed by atoms with Crippen LogP contribution in [0.1, 0.15) is 18.5 Å². The zero-order valence-electron chi connectivity index (χ0n) is 11.1. The summed E-state index contributed by atoms with van der Waals surface area (Å²) in [4.78, 5) is 16.0. The molecule has 1 N–H and O–H groups in total. The van der Waals surface area contributed by atoms with Gasteiger partial charge in [-0.2, -0.15) is 4.37 Å². The van der Waals surface area contributed by atoms with E-state index in [1.54, 1.807) is 6.08 Å². The highest BCUT2D eigenvalue weighted by atomic mass is 32.1. The molecule has 0 aromatic carbocycles. The van der Waals surface area contributed by atoms with E-state index in [1.165, 1.54) is 23.9 Å². The molecule has 0 spiro atoms. The molecule has 20 heavy (non-hydrogen) atoms. The molecular weight excluding hydrogens is 278 g/mol. The van der Waals surface area contributed by atoms with Crippen LogP contribution in [0.2, 0.25) is 0 Å². The average molecular weight is 293 g/mol. The van der Waals surface area contributed by atoms with Crippen molar-refractivity contribution in [2.24, 2.45) is 0 Å². The van der Waals surface area contributed by atoms with Gasteiger partial charge >= 0.3 is 0 Å². The van der Waals surface area contributed by atoms with Crippen molar-refractivity contribution in [2.45, 2.75) is 19.9 Å². The third kappa shape index (κ3) is 3.67. The first kappa shape index (κ1) is 14.3. The normalized spacial score (nSPS) is 10.2. The average Bonchev–Trinajstić information content (AvgIpc) is 2.92. The number of anilines is 1. The number of aromatic nitrogens is 2. The van der Waals surface area contributed by atoms with Crippen molar-refractivity contribution in [2.75, 3.05) is 11.9 Å². The van der Waals surface area contributed by atoms with Crippen LogP contribution < -0.4 is 15.5 Å². The summed E-state index contributed by atoms with van der Waals surface area (Å²) >= 11 is 1.28. The molecule has 0 fully saturated rings. The fraction of sp³-hybridized carbons (Fsp3) is 0.308. The standard InChI is InChI=1S/C13H15N3O3S/c1-3-5-18-11-8-19-9(6-10(11)17)7-14-13-15-12(4-2)16-20-13/h3,6,8H,1,4-5,7H2,2H3,(H,14,15,16). The molecule has 0 unspecified atom stereocenters. The van der Waals surface area contributed by atoms with Crippen LogP contribution in [0.25, 0.3) is 0 Å². The summed E-state index contributed by atoms with van der Waals surface area (Å²) in [7, 11) is 0. The van der Waals surface area contributed by atoms with Crippen LogP contribution in [0.4, 0.5) is 5.13 Å². The molecule has 0 aliphatic rings. The van der Waals surface area contributed by atoms with Crippen molar-refractivity contribution in [3.8, 4) is 5.75 Å². The molecule has 0 saturated carbocycles. The molecule has 0 radical (unpaired) electrons. The quantitative estimate of drug-likeness (QED) is 0.789. The van der Waals surface area contributed by atoms with E-state index in [4.69, 9.17) is 9.15 Å². The number of rotatable bonds is 7. The van der Waals surface area contributed by atoms with Gasteiger partial charge in [-0.3, -0.25) is 4.79 Å². The second-order valence-electron chi connectivity index (χ2n) is 3.90. The van der Waals surface area contributed by atoms with Crippen LogP contribution in [-0.2, 0) is 13.0 Å². The van der Waals surface area contributed by atoms with Crippen molar-refractivity contribution in [3.05, 3.63) is 46.8 Å². The van der Waals surface area contributed by atoms with Crippen molar-refractivity contribution < 1.29 is 9.15 Å². The molecule has 106 valence electrons. The van der Waals surface area contributed by atoms with E-state index in [2.05, 4.69) is 21.3 Å². The van der Waals surface area contributed by atoms with Crippen molar-refractivity contribution in [3.63, 3.8) is 0 Å². The lowest BCUT2D eigenvalue weighted by Gasteiger charge is -2.04. The Balaban J connectivity index is 1.97. The minimum absolute atomic E-state index is 0.179. The lowest BCUT2D eigenvalue weighted by molar-refractivity contribution is 0.339. The maximum absolute atomic E-state index is 11.7. The highest BCUT2D eigenvalue weighted by Crippen LogP contribution is 2.13. The summed E-state index contributed by atoms with van der Waals surface area (Å²) in [5.41, 5.74) is -0.221. The highest BCUT2D eigenvalue weighted by molar-refractivity contribution is 7.09. The Morgan fingerprint density at radius 3 is 3.10 bits per heavy atom. The van der Waals surface area contributed by atoms with Gasteiger partial charge in [-0.1, -0.05) is 19.6 Å². The van der Waals surface area contributed by atoms with Crippen molar-refractivity contribution >= 4 is 16.7 Å². The Morgan fingerprint density at radius 2 is 2.45 bits per heavy atom. The Bertz CT molecular complexity index is 636. The molecule has 6 nitrogen and oxygen atoms in total. The van der Waals surface area contributed by atoms with E-state index in [0.717, 1.165) is 12.2 Å². The first-order valence-electron chi connectivity index (χ1n) is 6.14. The fourth-order valence-corrected chi connectivity index (χ4v) is 2.06. The van der Waals surface area contributed by atoms with Gasteiger partial charge in [-0.25, -0.2) is 4.98 Å². The van der Waals surface area contributed by atoms with Gasteiger partial charge in [0.25, 0.3) is 0 Å². The minimum atomic E-state index is -0.221. The molecule has 2 heterocycles. The Kier molecular flexibility index (Phi) is 4.89. The lowest BCUT2D eigenvalue weighted by atomic mass is 10.3. The van der Waals surface area contributed by atoms with Crippen LogP contribution in [0, 0.1) is 0 Å². The van der Waals surface area contributed by atoms with Crippen LogP contribution in [-0.4, -0.2) is 16.0 Å². The predicted molar refractivity (Wildman–Crippen MR) is 77.3 cm³/mol. The van der Waals surface area contributed by atoms with Gasteiger partial charge in [0, 0.05) is 24.0 Å². The third-order valence-corrected chi connectivity index (χ3v) is 3.12. The van der Waals surface area contributed by atoms with Gasteiger partial charge in [0.2, 0.25) is 16.3 Å². The van der Waals surface area contributed by atoms with Crippen LogP contribution in [0.3, 0.4) is 0 Å². The van der Waals surface area contributed by atoms with Gasteiger partial charge in [-0.15, -0.1) is 0 Å². The van der Waals surface area contributed by atoms with E-state index in [1.807, 2.05) is 6.92 Å². The number of aryl methyl sites for hydroxylation is 1. The molecule has 0 aliphatic carbocycles. The second kappa shape index (κ2) is 6.85. The maximum Gasteiger partial charge on any atom is 0.227 e. The third-order valence-electron chi connectivity index (χ3n) is 2.41. The number of nitrogens with zero attached hydrogens (tertiary/aromatic N) is 2. The van der Waals surface area contributed by atoms with Gasteiger partial charge in [-0.05, 0) is 0 Å². The van der Waals surface area contributed by atoms with Gasteiger partial charge in [0.05, 0.1) is 6.54 Å². The Hall–Kier alpha value is -2.15. The van der Waals surface area contributed by atoms with Gasteiger partial charge < -0.3 is 14.5 Å². The molecule has 2 aromatic rings. The monoisotopic (exact) mass is 293 g/mol. The zero-order chi connectivity index (χ0) is 14.4. The molecular formula is C13H15N3O3S. The molecule has 0 aliphatic heterocycles. The number of hydrogen-bond acceptors (Lipinski definition) is 7. The summed E-state index contributed by atoms with van der Waals surface area (Å²) in [5.74, 6) is 1.49. The maximum atomic E-state index is 11.7. The topological polar surface area (TPSA) is 77.2 Å². The predicted octanol–water partition coefficient (Wildman–Crippen LogP) is 2.23. The fourth-order valence-electron chi connectivity index (χ4n) is 1.42. The van der Waals surface area contributed by atoms with E-state index < -0.39 is 0 Å². The van der Waals surface area contributed by atoms with Crippen molar-refractivity contribution in [1.29, 1.82) is 0 Å². The minimum Gasteiger partial charge on any atom is -0.482 e. The Morgan fingerprint density at radius 1 is 1.60 bits per heavy atom. The summed E-state index contributed by atoms with van der Waals surface area (Å²) in [6.07, 6.45) is 3.67. The van der Waals surface area contributed by atoms with E-state index in [0.29, 0.717) is 17.4 Å². The van der Waals surface area contributed by atoms with Crippen LogP contribution in [0.5, 0.6) is 5.75 Å². The first-order valence-corrected chi connectivity index (χ1v) is 6.92. The molecule has 7 heteroatoms. The molecule has 2 aromatic heterocycles. The molecule has 0 saturated heterocycles. The number of nitrogens with one attached hydrogen (secondary N) is 1. The van der Waals surface area contributed by atoms with Crippen molar-refractivity contribution in [1.82, 2.24) is 9.36 Å². The molecule has 2 rings (SSSR count). The van der Waals surface area contributed by atoms with E-state index >= 15 is 0 Å². The number of hydrogen-bond donors (Lipinski definition) is 1. The first-order chi connectivity index (χ1) is 9.72. The molecule has 0 atom stereocenters. The van der Waals surface area contributed by atoms with E-state index in [-0.39, 0.29) is 17.8 Å². The highest BCUT2D eigenvalue weighted by Gasteiger charge is 2.06. The van der Waals surface area contributed by atoms with Crippen LogP contribution in [0.15, 0.2) is 34.2 Å². The summed E-state index contributed by atoms with van der Waals surface area (Å²) < 4.78 is 14.6. The zero-order valence-corrected chi connectivity index (χ0v) is 11.9. The number of ether oxygens (including phenoxy) is 1. The van der Waals surface area contributed by atoms with Gasteiger partial charge in [0.15, 0.2) is 0 Å². The SMILES string of the molecule is C=CCOc1coc(CNc2nc(CC)ns2)cc1=O. The lowest BCUT2D eigenvalue weighted by Crippen LogP contribution is -2.09. The van der Waals surface area contributed by atoms with E-state index in [9.17, 15) is 4.79 Å². The molecule has 0 bridgehead atoms. The summed E-state index contributed by atoms with van der Waals surface area (Å²) in [5, 5.41) is 3.77. The summed E-state index contributed by atoms with van der Waals surface area (Å²) in [6, 6.07) is 1.40. The molecule has 0 amide bonds. The van der Waals surface area contributed by atoms with Crippen LogP contribution >= 0.6 is 11.5 Å². The van der Waals surface area contributed by atoms with Gasteiger partial charge in [0.1, 0.15) is 24.5 Å². The smallest absolute Gasteiger partial charge is 0.227 e. The summed E-state index contributed by atoms with van der Waals surface area (Å²) in [6.45, 7) is 6.15. The second-order valence-corrected chi connectivity index (χ2v) is 4.65. The largest absolute Gasteiger partial charge is 0.482 e. The Labute approximate surface area is 120 Å².